The molecular weight excluding hydrogens is 499 g/mol. The van der Waals surface area contributed by atoms with E-state index in [0.29, 0.717) is 29.3 Å². The number of hydrogen-bond donors (Lipinski definition) is 0. The maximum atomic E-state index is 13.7. The number of benzene rings is 2. The maximum absolute atomic E-state index is 13.7. The summed E-state index contributed by atoms with van der Waals surface area (Å²) >= 11 is 18.1. The van der Waals surface area contributed by atoms with Gasteiger partial charge < -0.3 is 0 Å². The molecule has 0 radical (unpaired) electrons. The zero-order valence-corrected chi connectivity index (χ0v) is 20.9. The van der Waals surface area contributed by atoms with Gasteiger partial charge in [-0.1, -0.05) is 41.7 Å². The number of carbonyl (C=O) groups is 4. The number of ketones is 1. The van der Waals surface area contributed by atoms with E-state index >= 15 is 0 Å². The average Bonchev–Trinajstić information content (AvgIpc) is 3.05. The second kappa shape index (κ2) is 9.68. The van der Waals surface area contributed by atoms with E-state index in [-0.39, 0.29) is 15.6 Å². The summed E-state index contributed by atoms with van der Waals surface area (Å²) in [5.41, 5.74) is 0.406. The van der Waals surface area contributed by atoms with E-state index in [0.717, 1.165) is 16.4 Å². The van der Waals surface area contributed by atoms with E-state index in [2.05, 4.69) is 0 Å². The van der Waals surface area contributed by atoms with Crippen molar-refractivity contribution in [1.82, 2.24) is 10.0 Å². The molecule has 178 valence electrons. The maximum Gasteiger partial charge on any atom is 0.273 e. The molecule has 0 N–H and O–H groups in total. The molecule has 0 unspecified atom stereocenters. The number of Topliss-reactive ketones (excluding diaryl/α,β-unsaturated/α-hetero) is 1. The van der Waals surface area contributed by atoms with Crippen molar-refractivity contribution in [1.29, 1.82) is 0 Å². The minimum absolute atomic E-state index is 0.106. The molecule has 1 aliphatic heterocycles. The normalized spacial score (nSPS) is 23.0. The van der Waals surface area contributed by atoms with Crippen LogP contribution in [0.3, 0.4) is 0 Å². The summed E-state index contributed by atoms with van der Waals surface area (Å²) in [5, 5.41) is 2.71. The lowest BCUT2D eigenvalue weighted by molar-refractivity contribution is -0.156. The van der Waals surface area contributed by atoms with Crippen LogP contribution in [-0.4, -0.2) is 39.6 Å². The van der Waals surface area contributed by atoms with Gasteiger partial charge in [0.15, 0.2) is 5.78 Å². The number of amides is 3. The van der Waals surface area contributed by atoms with E-state index < -0.39 is 41.4 Å². The molecule has 3 amide bonds. The smallest absolute Gasteiger partial charge is 0.273 e. The Bertz CT molecular complexity index is 1170. The van der Waals surface area contributed by atoms with Crippen LogP contribution in [-0.2, 0) is 9.59 Å². The van der Waals surface area contributed by atoms with Crippen LogP contribution >= 0.6 is 34.8 Å². The first-order valence-corrected chi connectivity index (χ1v) is 12.2. The lowest BCUT2D eigenvalue weighted by Crippen LogP contribution is -2.56. The van der Waals surface area contributed by atoms with Gasteiger partial charge in [0.1, 0.15) is 6.04 Å². The van der Waals surface area contributed by atoms with Gasteiger partial charge in [-0.2, -0.15) is 5.01 Å². The van der Waals surface area contributed by atoms with Crippen molar-refractivity contribution in [3.05, 3.63) is 68.7 Å². The third-order valence-corrected chi connectivity index (χ3v) is 7.62. The summed E-state index contributed by atoms with van der Waals surface area (Å²) < 4.78 is 0. The summed E-state index contributed by atoms with van der Waals surface area (Å²) in [6.07, 6.45) is 1.97. The van der Waals surface area contributed by atoms with Gasteiger partial charge in [-0.25, -0.2) is 5.01 Å². The van der Waals surface area contributed by atoms with E-state index in [1.165, 1.54) is 37.3 Å². The van der Waals surface area contributed by atoms with E-state index in [4.69, 9.17) is 34.8 Å². The largest absolute Gasteiger partial charge is 0.292 e. The molecule has 2 fully saturated rings. The number of fused-ring (bicyclic) bond motifs is 1. The SMILES string of the molecule is C[C@@H]1CC[C@@H]2C(=O)N(N(C(=O)c3ccc(Cl)c(Cl)c3)[C@@H](C)C(=O)c3ccc(Cl)cc3)C(=O)[C@@H]2C1. The van der Waals surface area contributed by atoms with Crippen molar-refractivity contribution in [2.45, 2.75) is 39.2 Å². The highest BCUT2D eigenvalue weighted by atomic mass is 35.5. The first-order valence-electron chi connectivity index (χ1n) is 11.1. The number of hydrazine groups is 1. The number of rotatable bonds is 5. The van der Waals surface area contributed by atoms with Gasteiger partial charge in [0, 0.05) is 16.1 Å². The molecule has 0 bridgehead atoms. The molecule has 2 aromatic rings. The molecular formula is C25H23Cl3N2O4. The van der Waals surface area contributed by atoms with Gasteiger partial charge in [0.05, 0.1) is 21.9 Å². The number of imide groups is 1. The molecule has 2 aromatic carbocycles. The molecule has 1 heterocycles. The number of nitrogens with zero attached hydrogens (tertiary/aromatic N) is 2. The molecule has 6 nitrogen and oxygen atoms in total. The Labute approximate surface area is 212 Å². The predicted molar refractivity (Wildman–Crippen MR) is 130 cm³/mol. The molecule has 2 aliphatic rings. The second-order valence-electron chi connectivity index (χ2n) is 8.95. The molecule has 9 heteroatoms. The topological polar surface area (TPSA) is 74.8 Å². The van der Waals surface area contributed by atoms with Crippen molar-refractivity contribution < 1.29 is 19.2 Å². The summed E-state index contributed by atoms with van der Waals surface area (Å²) in [7, 11) is 0. The molecule has 1 saturated heterocycles. The van der Waals surface area contributed by atoms with Crippen molar-refractivity contribution in [3.63, 3.8) is 0 Å². The summed E-state index contributed by atoms with van der Waals surface area (Å²) in [6.45, 7) is 3.54. The predicted octanol–water partition coefficient (Wildman–Crippen LogP) is 5.70. The zero-order valence-electron chi connectivity index (χ0n) is 18.6. The fraction of sp³-hybridized carbons (Fsp3) is 0.360. The van der Waals surface area contributed by atoms with E-state index in [1.807, 2.05) is 6.92 Å². The Morgan fingerprint density at radius 1 is 0.912 bits per heavy atom. The van der Waals surface area contributed by atoms with Crippen molar-refractivity contribution in [3.8, 4) is 0 Å². The van der Waals surface area contributed by atoms with Crippen LogP contribution < -0.4 is 0 Å². The van der Waals surface area contributed by atoms with Crippen LogP contribution in [0.4, 0.5) is 0 Å². The molecule has 1 aliphatic carbocycles. The summed E-state index contributed by atoms with van der Waals surface area (Å²) in [5.74, 6) is -2.73. The first-order chi connectivity index (χ1) is 16.1. The lowest BCUT2D eigenvalue weighted by atomic mass is 9.76. The molecule has 0 aromatic heterocycles. The van der Waals surface area contributed by atoms with Gasteiger partial charge in [0.25, 0.3) is 17.7 Å². The standard InChI is InChI=1S/C25H23Cl3N2O4/c1-13-3-9-18-19(11-13)25(34)30(24(18)33)29(23(32)16-6-10-20(27)21(28)12-16)14(2)22(31)15-4-7-17(26)8-5-15/h4-8,10,12-14,18-19H,3,9,11H2,1-2H3/t13-,14+,18+,19-/m1/s1. The number of halogens is 3. The number of hydrogen-bond acceptors (Lipinski definition) is 4. The molecule has 4 rings (SSSR count). The number of carbonyl (C=O) groups excluding carboxylic acids is 4. The second-order valence-corrected chi connectivity index (χ2v) is 10.2. The van der Waals surface area contributed by atoms with Gasteiger partial charge >= 0.3 is 0 Å². The van der Waals surface area contributed by atoms with Crippen molar-refractivity contribution in [2.24, 2.45) is 17.8 Å². The van der Waals surface area contributed by atoms with Gasteiger partial charge in [-0.15, -0.1) is 0 Å². The van der Waals surface area contributed by atoms with Crippen LogP contribution in [0.25, 0.3) is 0 Å². The Balaban J connectivity index is 1.76. The lowest BCUT2D eigenvalue weighted by Gasteiger charge is -2.34. The molecule has 34 heavy (non-hydrogen) atoms. The minimum atomic E-state index is -1.14. The third kappa shape index (κ3) is 4.47. The fourth-order valence-corrected chi connectivity index (χ4v) is 5.18. The fourth-order valence-electron chi connectivity index (χ4n) is 4.75. The van der Waals surface area contributed by atoms with Crippen LogP contribution in [0.5, 0.6) is 0 Å². The van der Waals surface area contributed by atoms with E-state index in [1.54, 1.807) is 12.1 Å². The van der Waals surface area contributed by atoms with E-state index in [9.17, 15) is 19.2 Å². The summed E-state index contributed by atoms with van der Waals surface area (Å²) in [4.78, 5) is 53.9. The van der Waals surface area contributed by atoms with Crippen molar-refractivity contribution >= 4 is 58.3 Å². The summed E-state index contributed by atoms with van der Waals surface area (Å²) in [6, 6.07) is 9.33. The van der Waals surface area contributed by atoms with Gasteiger partial charge in [0.2, 0.25) is 0 Å². The molecule has 0 spiro atoms. The molecule has 4 atom stereocenters. The van der Waals surface area contributed by atoms with Crippen LogP contribution in [0, 0.1) is 17.8 Å². The van der Waals surface area contributed by atoms with Crippen LogP contribution in [0.2, 0.25) is 15.1 Å². The highest BCUT2D eigenvalue weighted by Gasteiger charge is 2.54. The quantitative estimate of drug-likeness (QED) is 0.374. The molecule has 1 saturated carbocycles. The monoisotopic (exact) mass is 520 g/mol. The minimum Gasteiger partial charge on any atom is -0.292 e. The first kappa shape index (κ1) is 24.7. The van der Waals surface area contributed by atoms with Gasteiger partial charge in [-0.05, 0) is 74.6 Å². The Hall–Kier alpha value is -2.41. The third-order valence-electron chi connectivity index (χ3n) is 6.63. The zero-order chi connectivity index (χ0) is 24.7. The van der Waals surface area contributed by atoms with Crippen LogP contribution in [0.15, 0.2) is 42.5 Å². The highest BCUT2D eigenvalue weighted by molar-refractivity contribution is 6.42. The van der Waals surface area contributed by atoms with Crippen LogP contribution in [0.1, 0.15) is 53.8 Å². The highest BCUT2D eigenvalue weighted by Crippen LogP contribution is 2.42. The Kier molecular flexibility index (Phi) is 7.04. The van der Waals surface area contributed by atoms with Crippen molar-refractivity contribution in [2.75, 3.05) is 0 Å². The average molecular weight is 522 g/mol. The Morgan fingerprint density at radius 2 is 1.53 bits per heavy atom. The Morgan fingerprint density at radius 3 is 2.18 bits per heavy atom. The van der Waals surface area contributed by atoms with Gasteiger partial charge in [-0.3, -0.25) is 19.2 Å².